The molecule has 0 saturated heterocycles. The summed E-state index contributed by atoms with van der Waals surface area (Å²) in [7, 11) is 0. The number of pyridine rings is 1. The van der Waals surface area contributed by atoms with Gasteiger partial charge in [0.25, 0.3) is 5.91 Å². The molecule has 7 heteroatoms. The van der Waals surface area contributed by atoms with Crippen molar-refractivity contribution in [3.05, 3.63) is 83.7 Å². The lowest BCUT2D eigenvalue weighted by Crippen LogP contribution is -2.13. The van der Waals surface area contributed by atoms with E-state index < -0.39 is 5.82 Å². The molecular weight excluding hydrogens is 369 g/mol. The molecule has 0 aliphatic rings. The van der Waals surface area contributed by atoms with Crippen molar-refractivity contribution < 1.29 is 9.18 Å². The molecule has 0 spiro atoms. The Hall–Kier alpha value is -3.87. The number of nitrogens with one attached hydrogen (secondary N) is 2. The number of aromatic nitrogens is 3. The Kier molecular flexibility index (Phi) is 4.87. The first-order valence-electron chi connectivity index (χ1n) is 9.02. The summed E-state index contributed by atoms with van der Waals surface area (Å²) in [4.78, 5) is 25.4. The molecule has 0 fully saturated rings. The molecule has 29 heavy (non-hydrogen) atoms. The maximum absolute atomic E-state index is 13.7. The number of halogens is 1. The van der Waals surface area contributed by atoms with Crippen LogP contribution in [0.25, 0.3) is 10.9 Å². The first-order valence-corrected chi connectivity index (χ1v) is 9.02. The number of hydrogen-bond donors (Lipinski definition) is 2. The smallest absolute Gasteiger partial charge is 0.256 e. The quantitative estimate of drug-likeness (QED) is 0.527. The van der Waals surface area contributed by atoms with Crippen LogP contribution in [0.15, 0.2) is 60.9 Å². The van der Waals surface area contributed by atoms with Gasteiger partial charge in [0.05, 0.1) is 11.1 Å². The number of nitrogens with zero attached hydrogens (tertiary/aromatic N) is 3. The fraction of sp³-hybridized carbons (Fsp3) is 0.0909. The van der Waals surface area contributed by atoms with Crippen molar-refractivity contribution in [1.29, 1.82) is 0 Å². The molecule has 2 aromatic carbocycles. The summed E-state index contributed by atoms with van der Waals surface area (Å²) in [5.74, 6) is -0.0409. The SMILES string of the molecule is Cc1cc(Nc2ccc(NC(=O)c3cc(C)nc4ccc(F)cc34)cc2)ncn1. The molecule has 2 aromatic heterocycles. The zero-order chi connectivity index (χ0) is 20.4. The lowest BCUT2D eigenvalue weighted by Gasteiger charge is -2.10. The van der Waals surface area contributed by atoms with Gasteiger partial charge >= 0.3 is 0 Å². The van der Waals surface area contributed by atoms with Crippen molar-refractivity contribution in [3.63, 3.8) is 0 Å². The first-order chi connectivity index (χ1) is 14.0. The third-order valence-corrected chi connectivity index (χ3v) is 4.36. The van der Waals surface area contributed by atoms with Crippen LogP contribution >= 0.6 is 0 Å². The van der Waals surface area contributed by atoms with Crippen LogP contribution < -0.4 is 10.6 Å². The van der Waals surface area contributed by atoms with E-state index in [2.05, 4.69) is 25.6 Å². The van der Waals surface area contributed by atoms with Gasteiger partial charge in [-0.15, -0.1) is 0 Å². The number of fused-ring (bicyclic) bond motifs is 1. The Morgan fingerprint density at radius 1 is 0.897 bits per heavy atom. The summed E-state index contributed by atoms with van der Waals surface area (Å²) in [6.07, 6.45) is 1.50. The zero-order valence-electron chi connectivity index (χ0n) is 15.9. The van der Waals surface area contributed by atoms with Crippen LogP contribution in [0.4, 0.5) is 21.6 Å². The molecule has 0 aliphatic carbocycles. The summed E-state index contributed by atoms with van der Waals surface area (Å²) >= 11 is 0. The molecule has 2 N–H and O–H groups in total. The van der Waals surface area contributed by atoms with E-state index >= 15 is 0 Å². The van der Waals surface area contributed by atoms with Gasteiger partial charge in [0.15, 0.2) is 0 Å². The van der Waals surface area contributed by atoms with Crippen LogP contribution in [-0.4, -0.2) is 20.9 Å². The number of carbonyl (C=O) groups is 1. The molecule has 0 radical (unpaired) electrons. The maximum Gasteiger partial charge on any atom is 0.256 e. The molecule has 0 aliphatic heterocycles. The van der Waals surface area contributed by atoms with Gasteiger partial charge in [-0.3, -0.25) is 9.78 Å². The average molecular weight is 387 g/mol. The molecule has 4 aromatic rings. The molecule has 0 saturated carbocycles. The highest BCUT2D eigenvalue weighted by atomic mass is 19.1. The second kappa shape index (κ2) is 7.63. The summed E-state index contributed by atoms with van der Waals surface area (Å²) in [5, 5.41) is 6.51. The second-order valence-electron chi connectivity index (χ2n) is 6.67. The van der Waals surface area contributed by atoms with Crippen LogP contribution in [0.5, 0.6) is 0 Å². The van der Waals surface area contributed by atoms with E-state index in [1.54, 1.807) is 31.2 Å². The monoisotopic (exact) mass is 387 g/mol. The maximum atomic E-state index is 13.7. The van der Waals surface area contributed by atoms with Gasteiger partial charge in [-0.1, -0.05) is 0 Å². The molecule has 4 rings (SSSR count). The minimum absolute atomic E-state index is 0.321. The second-order valence-corrected chi connectivity index (χ2v) is 6.67. The fourth-order valence-electron chi connectivity index (χ4n) is 3.02. The molecule has 0 unspecified atom stereocenters. The highest BCUT2D eigenvalue weighted by Crippen LogP contribution is 2.22. The lowest BCUT2D eigenvalue weighted by molar-refractivity contribution is 0.102. The van der Waals surface area contributed by atoms with E-state index in [4.69, 9.17) is 0 Å². The Morgan fingerprint density at radius 2 is 1.66 bits per heavy atom. The number of carbonyl (C=O) groups excluding carboxylic acids is 1. The number of hydrogen-bond acceptors (Lipinski definition) is 5. The summed E-state index contributed by atoms with van der Waals surface area (Å²) < 4.78 is 13.7. The normalized spacial score (nSPS) is 10.7. The van der Waals surface area contributed by atoms with Crippen molar-refractivity contribution in [2.45, 2.75) is 13.8 Å². The summed E-state index contributed by atoms with van der Waals surface area (Å²) in [6.45, 7) is 3.69. The lowest BCUT2D eigenvalue weighted by atomic mass is 10.1. The van der Waals surface area contributed by atoms with Crippen molar-refractivity contribution in [1.82, 2.24) is 15.0 Å². The number of anilines is 3. The van der Waals surface area contributed by atoms with E-state index in [1.807, 2.05) is 25.1 Å². The molecule has 2 heterocycles. The highest BCUT2D eigenvalue weighted by Gasteiger charge is 2.13. The molecule has 6 nitrogen and oxygen atoms in total. The third kappa shape index (κ3) is 4.19. The van der Waals surface area contributed by atoms with Crippen molar-refractivity contribution in [3.8, 4) is 0 Å². The largest absolute Gasteiger partial charge is 0.340 e. The zero-order valence-corrected chi connectivity index (χ0v) is 15.9. The molecule has 144 valence electrons. The van der Waals surface area contributed by atoms with E-state index in [1.165, 1.54) is 18.5 Å². The highest BCUT2D eigenvalue weighted by molar-refractivity contribution is 6.12. The van der Waals surface area contributed by atoms with E-state index in [0.717, 1.165) is 11.4 Å². The van der Waals surface area contributed by atoms with Gasteiger partial charge in [-0.25, -0.2) is 14.4 Å². The van der Waals surface area contributed by atoms with E-state index in [0.29, 0.717) is 33.7 Å². The van der Waals surface area contributed by atoms with Gasteiger partial charge in [0.2, 0.25) is 0 Å². The third-order valence-electron chi connectivity index (χ3n) is 4.36. The van der Waals surface area contributed by atoms with Crippen LogP contribution in [-0.2, 0) is 0 Å². The minimum Gasteiger partial charge on any atom is -0.340 e. The van der Waals surface area contributed by atoms with Crippen molar-refractivity contribution >= 4 is 34.0 Å². The van der Waals surface area contributed by atoms with Gasteiger partial charge < -0.3 is 10.6 Å². The van der Waals surface area contributed by atoms with Crippen molar-refractivity contribution in [2.24, 2.45) is 0 Å². The van der Waals surface area contributed by atoms with Gasteiger partial charge in [0.1, 0.15) is 18.0 Å². The Balaban J connectivity index is 1.54. The fourth-order valence-corrected chi connectivity index (χ4v) is 3.02. The van der Waals surface area contributed by atoms with Gasteiger partial charge in [0, 0.05) is 34.2 Å². The van der Waals surface area contributed by atoms with Crippen LogP contribution in [0.1, 0.15) is 21.7 Å². The van der Waals surface area contributed by atoms with Crippen molar-refractivity contribution in [2.75, 3.05) is 10.6 Å². The van der Waals surface area contributed by atoms with Crippen LogP contribution in [0.2, 0.25) is 0 Å². The number of aryl methyl sites for hydroxylation is 2. The predicted octanol–water partition coefficient (Wildman–Crippen LogP) is 4.78. The molecular formula is C22H18FN5O. The molecule has 1 amide bonds. The van der Waals surface area contributed by atoms with Crippen LogP contribution in [0.3, 0.4) is 0 Å². The molecule has 0 atom stereocenters. The Morgan fingerprint density at radius 3 is 2.41 bits per heavy atom. The number of benzene rings is 2. The van der Waals surface area contributed by atoms with E-state index in [9.17, 15) is 9.18 Å². The summed E-state index contributed by atoms with van der Waals surface area (Å²) in [5.41, 5.74) is 3.96. The standard InChI is InChI=1S/C22H18FN5O/c1-13-10-21(25-12-24-13)27-16-4-6-17(7-5-16)28-22(29)19-9-14(2)26-20-8-3-15(23)11-18(19)20/h3-12H,1-2H3,(H,28,29)(H,24,25,27). The molecule has 0 bridgehead atoms. The first kappa shape index (κ1) is 18.5. The van der Waals surface area contributed by atoms with E-state index in [-0.39, 0.29) is 5.91 Å². The average Bonchev–Trinajstić information content (AvgIpc) is 2.69. The Labute approximate surface area is 166 Å². The minimum atomic E-state index is -0.410. The number of rotatable bonds is 4. The topological polar surface area (TPSA) is 79.8 Å². The van der Waals surface area contributed by atoms with Crippen LogP contribution in [0, 0.1) is 19.7 Å². The predicted molar refractivity (Wildman–Crippen MR) is 111 cm³/mol. The summed E-state index contributed by atoms with van der Waals surface area (Å²) in [6, 6.07) is 15.0. The van der Waals surface area contributed by atoms with Gasteiger partial charge in [-0.05, 0) is 62.4 Å². The Bertz CT molecular complexity index is 1210. The number of amides is 1. The van der Waals surface area contributed by atoms with Gasteiger partial charge in [-0.2, -0.15) is 0 Å².